The van der Waals surface area contributed by atoms with Gasteiger partial charge in [0.05, 0.1) is 19.8 Å². The number of nitrogens with one attached hydrogen (secondary N) is 1. The Balaban J connectivity index is 1.73. The van der Waals surface area contributed by atoms with Gasteiger partial charge in [0.15, 0.2) is 0 Å². The van der Waals surface area contributed by atoms with Crippen molar-refractivity contribution in [2.24, 2.45) is 0 Å². The molecule has 7 heteroatoms. The van der Waals surface area contributed by atoms with Crippen LogP contribution in [-0.2, 0) is 16.1 Å². The van der Waals surface area contributed by atoms with E-state index in [1.165, 1.54) is 0 Å². The van der Waals surface area contributed by atoms with E-state index in [0.29, 0.717) is 45.3 Å². The highest BCUT2D eigenvalue weighted by molar-refractivity contribution is 5.83. The second-order valence-corrected chi connectivity index (χ2v) is 5.96. The van der Waals surface area contributed by atoms with Crippen LogP contribution in [0.4, 0.5) is 0 Å². The number of pyridine rings is 2. The summed E-state index contributed by atoms with van der Waals surface area (Å²) in [6.45, 7) is 5.48. The Bertz CT molecular complexity index is 705. The molecule has 1 saturated heterocycles. The van der Waals surface area contributed by atoms with E-state index in [2.05, 4.69) is 20.2 Å². The van der Waals surface area contributed by atoms with Crippen LogP contribution in [0.2, 0.25) is 0 Å². The first-order valence-corrected chi connectivity index (χ1v) is 8.85. The van der Waals surface area contributed by atoms with Crippen molar-refractivity contribution < 1.29 is 14.3 Å². The minimum atomic E-state index is -0.389. The van der Waals surface area contributed by atoms with Crippen molar-refractivity contribution in [1.82, 2.24) is 20.2 Å². The maximum Gasteiger partial charge on any atom is 0.242 e. The van der Waals surface area contributed by atoms with Gasteiger partial charge in [-0.15, -0.1) is 0 Å². The largest absolute Gasteiger partial charge is 0.478 e. The fraction of sp³-hybridized carbons (Fsp3) is 0.421. The zero-order valence-corrected chi connectivity index (χ0v) is 14.9. The number of amides is 1. The molecule has 0 bridgehead atoms. The highest BCUT2D eigenvalue weighted by Crippen LogP contribution is 2.22. The smallest absolute Gasteiger partial charge is 0.242 e. The fourth-order valence-corrected chi connectivity index (χ4v) is 3.01. The minimum absolute atomic E-state index is 0.0637. The molecule has 138 valence electrons. The van der Waals surface area contributed by atoms with Gasteiger partial charge in [0.2, 0.25) is 11.8 Å². The van der Waals surface area contributed by atoms with Crippen LogP contribution in [-0.4, -0.2) is 53.7 Å². The van der Waals surface area contributed by atoms with E-state index in [1.54, 1.807) is 18.6 Å². The van der Waals surface area contributed by atoms with Crippen molar-refractivity contribution in [3.63, 3.8) is 0 Å². The molecule has 1 amide bonds. The topological polar surface area (TPSA) is 76.6 Å². The Kier molecular flexibility index (Phi) is 6.51. The quantitative estimate of drug-likeness (QED) is 0.811. The lowest BCUT2D eigenvalue weighted by molar-refractivity contribution is -0.128. The Morgan fingerprint density at radius 2 is 2.12 bits per heavy atom. The summed E-state index contributed by atoms with van der Waals surface area (Å²) in [5.74, 6) is 0.491. The molecule has 1 atom stereocenters. The minimum Gasteiger partial charge on any atom is -0.478 e. The van der Waals surface area contributed by atoms with Crippen LogP contribution >= 0.6 is 0 Å². The van der Waals surface area contributed by atoms with Crippen molar-refractivity contribution in [2.75, 3.05) is 32.9 Å². The van der Waals surface area contributed by atoms with Gasteiger partial charge in [0.1, 0.15) is 6.04 Å². The lowest BCUT2D eigenvalue weighted by atomic mass is 10.1. The zero-order valence-electron chi connectivity index (χ0n) is 14.9. The summed E-state index contributed by atoms with van der Waals surface area (Å²) < 4.78 is 11.0. The second kappa shape index (κ2) is 9.26. The number of rotatable bonds is 7. The highest BCUT2D eigenvalue weighted by Gasteiger charge is 2.29. The molecule has 0 saturated carbocycles. The number of carbonyl (C=O) groups is 1. The molecule has 1 N–H and O–H groups in total. The Morgan fingerprint density at radius 3 is 2.85 bits per heavy atom. The molecule has 0 spiro atoms. The van der Waals surface area contributed by atoms with Crippen LogP contribution in [0.3, 0.4) is 0 Å². The van der Waals surface area contributed by atoms with Gasteiger partial charge in [0, 0.05) is 43.8 Å². The number of hydrogen-bond acceptors (Lipinski definition) is 6. The number of morpholine rings is 1. The van der Waals surface area contributed by atoms with Gasteiger partial charge < -0.3 is 14.8 Å². The predicted octanol–water partition coefficient (Wildman–Crippen LogP) is 1.56. The Morgan fingerprint density at radius 1 is 1.31 bits per heavy atom. The fourth-order valence-electron chi connectivity index (χ4n) is 3.01. The molecule has 2 aromatic heterocycles. The molecule has 7 nitrogen and oxygen atoms in total. The number of carbonyl (C=O) groups excluding carboxylic acids is 1. The zero-order chi connectivity index (χ0) is 18.2. The van der Waals surface area contributed by atoms with Crippen molar-refractivity contribution in [3.05, 3.63) is 54.0 Å². The third kappa shape index (κ3) is 4.56. The first-order chi connectivity index (χ1) is 12.8. The van der Waals surface area contributed by atoms with Gasteiger partial charge in [-0.3, -0.25) is 14.7 Å². The molecular formula is C19H24N4O3. The second-order valence-electron chi connectivity index (χ2n) is 5.96. The standard InChI is InChI=1S/C19H24N4O3/c1-2-26-19-16(6-4-8-21-19)14-22-18(24)17(15-5-3-7-20-13-15)23-9-11-25-12-10-23/h3-8,13,17H,2,9-12,14H2,1H3,(H,22,24)/t17-/m0/s1. The molecule has 2 aromatic rings. The van der Waals surface area contributed by atoms with Crippen LogP contribution in [0.15, 0.2) is 42.9 Å². The van der Waals surface area contributed by atoms with E-state index in [-0.39, 0.29) is 11.9 Å². The van der Waals surface area contributed by atoms with E-state index in [1.807, 2.05) is 31.2 Å². The molecule has 0 aromatic carbocycles. The van der Waals surface area contributed by atoms with Gasteiger partial charge in [-0.2, -0.15) is 0 Å². The third-order valence-electron chi connectivity index (χ3n) is 4.24. The van der Waals surface area contributed by atoms with Gasteiger partial charge in [-0.05, 0) is 24.6 Å². The summed E-state index contributed by atoms with van der Waals surface area (Å²) in [5, 5.41) is 3.02. The number of nitrogens with zero attached hydrogens (tertiary/aromatic N) is 3. The van der Waals surface area contributed by atoms with Crippen LogP contribution in [0.1, 0.15) is 24.1 Å². The number of aromatic nitrogens is 2. The van der Waals surface area contributed by atoms with Gasteiger partial charge in [0.25, 0.3) is 0 Å². The maximum absolute atomic E-state index is 13.0. The maximum atomic E-state index is 13.0. The highest BCUT2D eigenvalue weighted by atomic mass is 16.5. The summed E-state index contributed by atoms with van der Waals surface area (Å²) in [5.41, 5.74) is 1.73. The SMILES string of the molecule is CCOc1ncccc1CNC(=O)[C@H](c1cccnc1)N1CCOCC1. The average molecular weight is 356 g/mol. The summed E-state index contributed by atoms with van der Waals surface area (Å²) in [6.07, 6.45) is 5.14. The summed E-state index contributed by atoms with van der Waals surface area (Å²) >= 11 is 0. The molecule has 1 aliphatic heterocycles. The third-order valence-corrected chi connectivity index (χ3v) is 4.24. The van der Waals surface area contributed by atoms with Crippen molar-refractivity contribution in [1.29, 1.82) is 0 Å². The monoisotopic (exact) mass is 356 g/mol. The molecular weight excluding hydrogens is 332 g/mol. The van der Waals surface area contributed by atoms with E-state index >= 15 is 0 Å². The Labute approximate surface area is 153 Å². The van der Waals surface area contributed by atoms with Crippen LogP contribution in [0.25, 0.3) is 0 Å². The van der Waals surface area contributed by atoms with E-state index in [9.17, 15) is 4.79 Å². The molecule has 1 fully saturated rings. The summed E-state index contributed by atoms with van der Waals surface area (Å²) in [7, 11) is 0. The van der Waals surface area contributed by atoms with Crippen molar-refractivity contribution in [2.45, 2.75) is 19.5 Å². The number of ether oxygens (including phenoxy) is 2. The normalized spacial score (nSPS) is 16.0. The lowest BCUT2D eigenvalue weighted by Gasteiger charge is -2.33. The van der Waals surface area contributed by atoms with Crippen LogP contribution in [0, 0.1) is 0 Å². The van der Waals surface area contributed by atoms with Crippen LogP contribution < -0.4 is 10.1 Å². The van der Waals surface area contributed by atoms with Gasteiger partial charge >= 0.3 is 0 Å². The van der Waals surface area contributed by atoms with E-state index in [0.717, 1.165) is 11.1 Å². The van der Waals surface area contributed by atoms with Crippen LogP contribution in [0.5, 0.6) is 5.88 Å². The average Bonchev–Trinajstić information content (AvgIpc) is 2.69. The van der Waals surface area contributed by atoms with Crippen molar-refractivity contribution in [3.8, 4) is 5.88 Å². The molecule has 26 heavy (non-hydrogen) atoms. The molecule has 3 heterocycles. The molecule has 0 radical (unpaired) electrons. The van der Waals surface area contributed by atoms with Gasteiger partial charge in [-0.25, -0.2) is 4.98 Å². The van der Waals surface area contributed by atoms with E-state index in [4.69, 9.17) is 9.47 Å². The first-order valence-electron chi connectivity index (χ1n) is 8.85. The predicted molar refractivity (Wildman–Crippen MR) is 96.6 cm³/mol. The van der Waals surface area contributed by atoms with E-state index < -0.39 is 0 Å². The molecule has 3 rings (SSSR count). The number of hydrogen-bond donors (Lipinski definition) is 1. The summed E-state index contributed by atoms with van der Waals surface area (Å²) in [6, 6.07) is 7.14. The molecule has 1 aliphatic rings. The summed E-state index contributed by atoms with van der Waals surface area (Å²) in [4.78, 5) is 23.5. The van der Waals surface area contributed by atoms with Gasteiger partial charge in [-0.1, -0.05) is 12.1 Å². The lowest BCUT2D eigenvalue weighted by Crippen LogP contribution is -2.45. The van der Waals surface area contributed by atoms with Crippen molar-refractivity contribution >= 4 is 5.91 Å². The Hall–Kier alpha value is -2.51. The molecule has 0 aliphatic carbocycles. The first kappa shape index (κ1) is 18.3. The molecule has 0 unspecified atom stereocenters.